The molecule has 4 aromatic rings. The van der Waals surface area contributed by atoms with Crippen LogP contribution in [0.1, 0.15) is 26.7 Å². The average Bonchev–Trinajstić information content (AvgIpc) is 3.45. The zero-order valence-corrected chi connectivity index (χ0v) is 17.9. The lowest BCUT2D eigenvalue weighted by molar-refractivity contribution is 0.0944. The molecule has 2 heterocycles. The van der Waals surface area contributed by atoms with Crippen molar-refractivity contribution in [3.05, 3.63) is 81.2 Å². The summed E-state index contributed by atoms with van der Waals surface area (Å²) in [7, 11) is 0. The molecule has 4 N–H and O–H groups in total. The van der Waals surface area contributed by atoms with Crippen molar-refractivity contribution in [1.82, 2.24) is 30.7 Å². The van der Waals surface area contributed by atoms with Crippen LogP contribution in [0.25, 0.3) is 11.4 Å². The molecule has 0 fully saturated rings. The number of amides is 2. The molecule has 33 heavy (non-hydrogen) atoms. The van der Waals surface area contributed by atoms with Crippen molar-refractivity contribution >= 4 is 40.8 Å². The number of halogens is 4. The predicted molar refractivity (Wildman–Crippen MR) is 116 cm³/mol. The Hall–Kier alpha value is -3.83. The summed E-state index contributed by atoms with van der Waals surface area (Å²) in [5.74, 6) is -2.87. The molecule has 2 aromatic heterocycles. The number of nitrogens with one attached hydrogen (secondary N) is 4. The highest BCUT2D eigenvalue weighted by molar-refractivity contribution is 6.34. The number of aromatic amines is 2. The van der Waals surface area contributed by atoms with Crippen LogP contribution >= 0.6 is 23.2 Å². The quantitative estimate of drug-likeness (QED) is 0.303. The van der Waals surface area contributed by atoms with E-state index in [4.69, 9.17) is 23.2 Å². The molecular formula is C20H13Cl2F2N7O2. The van der Waals surface area contributed by atoms with Gasteiger partial charge in [0.05, 0.1) is 17.1 Å². The minimum absolute atomic E-state index is 0.0158. The summed E-state index contributed by atoms with van der Waals surface area (Å²) in [4.78, 5) is 28.9. The van der Waals surface area contributed by atoms with Crippen molar-refractivity contribution in [2.24, 2.45) is 0 Å². The zero-order chi connectivity index (χ0) is 23.5. The van der Waals surface area contributed by atoms with Gasteiger partial charge in [-0.1, -0.05) is 23.2 Å². The molecule has 0 unspecified atom stereocenters. The number of carbonyl (C=O) groups is 2. The maximum atomic E-state index is 13.4. The van der Waals surface area contributed by atoms with Gasteiger partial charge in [0.15, 0.2) is 29.0 Å². The van der Waals surface area contributed by atoms with E-state index in [0.29, 0.717) is 28.8 Å². The van der Waals surface area contributed by atoms with E-state index in [2.05, 4.69) is 36.0 Å². The molecule has 9 nitrogen and oxygen atoms in total. The van der Waals surface area contributed by atoms with Crippen molar-refractivity contribution in [3.8, 4) is 11.4 Å². The SMILES string of the molecule is O=C(NCc1n[nH]c(-c2ccc(Cl)cc2)n1)c1cc(NC(=O)c2cc(F)c(F)cc2Cl)[nH]n1. The van der Waals surface area contributed by atoms with Gasteiger partial charge in [0, 0.05) is 16.7 Å². The highest BCUT2D eigenvalue weighted by Gasteiger charge is 2.17. The van der Waals surface area contributed by atoms with Crippen LogP contribution in [0.5, 0.6) is 0 Å². The van der Waals surface area contributed by atoms with Gasteiger partial charge in [0.1, 0.15) is 5.82 Å². The highest BCUT2D eigenvalue weighted by Crippen LogP contribution is 2.21. The van der Waals surface area contributed by atoms with E-state index in [-0.39, 0.29) is 28.6 Å². The van der Waals surface area contributed by atoms with Crippen molar-refractivity contribution in [3.63, 3.8) is 0 Å². The number of rotatable bonds is 6. The molecular weight excluding hydrogens is 479 g/mol. The van der Waals surface area contributed by atoms with Crippen LogP contribution in [0.4, 0.5) is 14.6 Å². The number of aromatic nitrogens is 5. The summed E-state index contributed by atoms with van der Waals surface area (Å²) in [5.41, 5.74) is 0.464. The van der Waals surface area contributed by atoms with E-state index >= 15 is 0 Å². The molecule has 0 spiro atoms. The smallest absolute Gasteiger partial charge is 0.272 e. The number of benzene rings is 2. The van der Waals surface area contributed by atoms with Gasteiger partial charge >= 0.3 is 0 Å². The Morgan fingerprint density at radius 2 is 1.67 bits per heavy atom. The molecule has 4 rings (SSSR count). The van der Waals surface area contributed by atoms with Gasteiger partial charge < -0.3 is 10.6 Å². The van der Waals surface area contributed by atoms with E-state index in [1.54, 1.807) is 24.3 Å². The topological polar surface area (TPSA) is 128 Å². The average molecular weight is 492 g/mol. The largest absolute Gasteiger partial charge is 0.343 e. The van der Waals surface area contributed by atoms with Crippen LogP contribution in [0.15, 0.2) is 42.5 Å². The third-order valence-electron chi connectivity index (χ3n) is 4.37. The second-order valence-corrected chi connectivity index (χ2v) is 7.50. The number of hydrogen-bond acceptors (Lipinski definition) is 5. The Bertz CT molecular complexity index is 1340. The molecule has 2 aromatic carbocycles. The third-order valence-corrected chi connectivity index (χ3v) is 4.93. The first-order valence-electron chi connectivity index (χ1n) is 9.27. The fourth-order valence-corrected chi connectivity index (χ4v) is 3.11. The molecule has 0 aliphatic rings. The lowest BCUT2D eigenvalue weighted by Crippen LogP contribution is -2.23. The molecule has 0 saturated carbocycles. The summed E-state index contributed by atoms with van der Waals surface area (Å²) < 4.78 is 26.6. The van der Waals surface area contributed by atoms with Crippen molar-refractivity contribution < 1.29 is 18.4 Å². The predicted octanol–water partition coefficient (Wildman–Crippen LogP) is 3.96. The van der Waals surface area contributed by atoms with Gasteiger partial charge in [-0.15, -0.1) is 0 Å². The summed E-state index contributed by atoms with van der Waals surface area (Å²) >= 11 is 11.7. The van der Waals surface area contributed by atoms with Crippen LogP contribution in [-0.4, -0.2) is 37.2 Å². The molecule has 0 bridgehead atoms. The van der Waals surface area contributed by atoms with Gasteiger partial charge in [-0.2, -0.15) is 10.2 Å². The zero-order valence-electron chi connectivity index (χ0n) is 16.4. The summed E-state index contributed by atoms with van der Waals surface area (Å²) in [5, 5.41) is 18.4. The fourth-order valence-electron chi connectivity index (χ4n) is 2.75. The Balaban J connectivity index is 1.36. The summed E-state index contributed by atoms with van der Waals surface area (Å²) in [6, 6.07) is 9.62. The standard InChI is InChI=1S/C20H13Cl2F2N7O2/c21-10-3-1-9(2-4-10)18-26-17(30-31-18)8-25-20(33)15-7-16(29-28-15)27-19(32)11-5-13(23)14(24)6-12(11)22/h1-7H,8H2,(H,25,33)(H,26,30,31)(H2,27,28,29,32). The molecule has 0 aliphatic heterocycles. The van der Waals surface area contributed by atoms with Crippen LogP contribution in [-0.2, 0) is 6.54 Å². The number of H-pyrrole nitrogens is 2. The van der Waals surface area contributed by atoms with Crippen LogP contribution < -0.4 is 10.6 Å². The summed E-state index contributed by atoms with van der Waals surface area (Å²) in [6.07, 6.45) is 0. The van der Waals surface area contributed by atoms with Crippen LogP contribution in [0.3, 0.4) is 0 Å². The minimum atomic E-state index is -1.22. The Morgan fingerprint density at radius 3 is 2.42 bits per heavy atom. The van der Waals surface area contributed by atoms with Crippen molar-refractivity contribution in [1.29, 1.82) is 0 Å². The maximum absolute atomic E-state index is 13.4. The molecule has 13 heteroatoms. The monoisotopic (exact) mass is 491 g/mol. The number of nitrogens with zero attached hydrogens (tertiary/aromatic N) is 3. The van der Waals surface area contributed by atoms with E-state index in [9.17, 15) is 18.4 Å². The van der Waals surface area contributed by atoms with Crippen LogP contribution in [0, 0.1) is 11.6 Å². The lowest BCUT2D eigenvalue weighted by Gasteiger charge is -2.05. The molecule has 0 aliphatic carbocycles. The first-order chi connectivity index (χ1) is 15.8. The first-order valence-corrected chi connectivity index (χ1v) is 10.0. The van der Waals surface area contributed by atoms with Crippen molar-refractivity contribution in [2.75, 3.05) is 5.32 Å². The lowest BCUT2D eigenvalue weighted by atomic mass is 10.2. The van der Waals surface area contributed by atoms with Gasteiger partial charge in [-0.3, -0.25) is 19.8 Å². The van der Waals surface area contributed by atoms with Gasteiger partial charge in [-0.25, -0.2) is 13.8 Å². The molecule has 0 atom stereocenters. The second kappa shape index (κ2) is 9.35. The van der Waals surface area contributed by atoms with E-state index in [1.165, 1.54) is 6.07 Å². The Kier molecular flexibility index (Phi) is 6.33. The Labute approximate surface area is 194 Å². The normalized spacial score (nSPS) is 10.8. The van der Waals surface area contributed by atoms with E-state index in [1.807, 2.05) is 0 Å². The molecule has 2 amide bonds. The molecule has 0 saturated heterocycles. The maximum Gasteiger partial charge on any atom is 0.272 e. The number of carbonyl (C=O) groups excluding carboxylic acids is 2. The Morgan fingerprint density at radius 1 is 0.939 bits per heavy atom. The minimum Gasteiger partial charge on any atom is -0.343 e. The molecule has 0 radical (unpaired) electrons. The van der Waals surface area contributed by atoms with Crippen LogP contribution in [0.2, 0.25) is 10.0 Å². The van der Waals surface area contributed by atoms with E-state index < -0.39 is 23.4 Å². The number of hydrogen-bond donors (Lipinski definition) is 4. The summed E-state index contributed by atoms with van der Waals surface area (Å²) in [6.45, 7) is 0.0158. The van der Waals surface area contributed by atoms with Gasteiger partial charge in [-0.05, 0) is 36.4 Å². The van der Waals surface area contributed by atoms with E-state index in [0.717, 1.165) is 5.56 Å². The fraction of sp³-hybridized carbons (Fsp3) is 0.0500. The molecule has 168 valence electrons. The van der Waals surface area contributed by atoms with Gasteiger partial charge in [0.2, 0.25) is 0 Å². The highest BCUT2D eigenvalue weighted by atomic mass is 35.5. The third kappa shape index (κ3) is 5.16. The number of anilines is 1. The second-order valence-electron chi connectivity index (χ2n) is 6.66. The first kappa shape index (κ1) is 22.4. The van der Waals surface area contributed by atoms with Crippen molar-refractivity contribution in [2.45, 2.75) is 6.54 Å². The van der Waals surface area contributed by atoms with Gasteiger partial charge in [0.25, 0.3) is 11.8 Å².